The van der Waals surface area contributed by atoms with Crippen LogP contribution in [0.4, 0.5) is 0 Å². The summed E-state index contributed by atoms with van der Waals surface area (Å²) in [5, 5.41) is 6.36. The van der Waals surface area contributed by atoms with Gasteiger partial charge in [0.2, 0.25) is 0 Å². The van der Waals surface area contributed by atoms with Gasteiger partial charge in [-0.25, -0.2) is 0 Å². The first kappa shape index (κ1) is 19.2. The number of ether oxygens (including phenoxy) is 1. The molecular weight excluding hydrogens is 354 g/mol. The van der Waals surface area contributed by atoms with Crippen molar-refractivity contribution >= 4 is 11.8 Å². The Labute approximate surface area is 166 Å². The first-order valence-corrected chi connectivity index (χ1v) is 10.4. The minimum absolute atomic E-state index is 0.0401. The zero-order valence-corrected chi connectivity index (χ0v) is 16.3. The maximum atomic E-state index is 13.5. The van der Waals surface area contributed by atoms with Gasteiger partial charge in [0.05, 0.1) is 6.61 Å². The Morgan fingerprint density at radius 1 is 1.11 bits per heavy atom. The largest absolute Gasteiger partial charge is 0.362 e. The Morgan fingerprint density at radius 2 is 1.96 bits per heavy atom. The van der Waals surface area contributed by atoms with Crippen LogP contribution in [-0.4, -0.2) is 61.1 Å². The maximum absolute atomic E-state index is 13.5. The van der Waals surface area contributed by atoms with Gasteiger partial charge in [0.15, 0.2) is 5.60 Å². The molecule has 1 spiro atoms. The molecule has 1 aromatic carbocycles. The molecule has 3 aliphatic rings. The standard InChI is InChI=1S/C22H29N3O3/c26-20-19-8-2-1-6-17(19)7-3-4-11-22(16-23-13-15-28-22)21(27)25(18-9-10-18)14-5-12-24-20/h1-4,6,8,18,23H,5,7,9-16H2,(H,24,26)/b4-3-. The van der Waals surface area contributed by atoms with Gasteiger partial charge in [-0.05, 0) is 37.3 Å². The molecule has 1 aliphatic carbocycles. The molecule has 4 rings (SSSR count). The summed E-state index contributed by atoms with van der Waals surface area (Å²) in [6, 6.07) is 8.04. The smallest absolute Gasteiger partial charge is 0.256 e. The molecule has 0 bridgehead atoms. The first-order valence-electron chi connectivity index (χ1n) is 10.4. The molecule has 2 amide bonds. The van der Waals surface area contributed by atoms with Gasteiger partial charge >= 0.3 is 0 Å². The van der Waals surface area contributed by atoms with Crippen LogP contribution < -0.4 is 10.6 Å². The number of fused-ring (bicyclic) bond motifs is 1. The molecule has 2 aliphatic heterocycles. The number of hydrogen-bond acceptors (Lipinski definition) is 4. The van der Waals surface area contributed by atoms with E-state index in [2.05, 4.69) is 10.6 Å². The van der Waals surface area contributed by atoms with Crippen molar-refractivity contribution in [2.75, 3.05) is 32.8 Å². The van der Waals surface area contributed by atoms with Crippen molar-refractivity contribution in [1.82, 2.24) is 15.5 Å². The monoisotopic (exact) mass is 383 g/mol. The van der Waals surface area contributed by atoms with E-state index in [1.165, 1.54) is 0 Å². The van der Waals surface area contributed by atoms with E-state index in [-0.39, 0.29) is 11.8 Å². The van der Waals surface area contributed by atoms with Gasteiger partial charge in [0.1, 0.15) is 0 Å². The number of carbonyl (C=O) groups is 2. The van der Waals surface area contributed by atoms with Crippen LogP contribution in [-0.2, 0) is 16.0 Å². The van der Waals surface area contributed by atoms with Crippen molar-refractivity contribution in [2.45, 2.75) is 43.7 Å². The molecule has 6 heteroatoms. The topological polar surface area (TPSA) is 70.7 Å². The van der Waals surface area contributed by atoms with E-state index in [1.54, 1.807) is 0 Å². The second-order valence-corrected chi connectivity index (χ2v) is 7.90. The van der Waals surface area contributed by atoms with Crippen LogP contribution in [0.1, 0.15) is 41.6 Å². The van der Waals surface area contributed by atoms with Crippen LogP contribution in [0.3, 0.4) is 0 Å². The van der Waals surface area contributed by atoms with E-state index in [9.17, 15) is 9.59 Å². The molecule has 2 fully saturated rings. The zero-order valence-electron chi connectivity index (χ0n) is 16.3. The van der Waals surface area contributed by atoms with Crippen LogP contribution >= 0.6 is 0 Å². The van der Waals surface area contributed by atoms with E-state index in [0.29, 0.717) is 45.1 Å². The Balaban J connectivity index is 1.60. The molecular formula is C22H29N3O3. The Bertz CT molecular complexity index is 751. The van der Waals surface area contributed by atoms with Crippen molar-refractivity contribution in [1.29, 1.82) is 0 Å². The average molecular weight is 383 g/mol. The lowest BCUT2D eigenvalue weighted by atomic mass is 9.94. The van der Waals surface area contributed by atoms with Crippen LogP contribution in [0, 0.1) is 0 Å². The van der Waals surface area contributed by atoms with Gasteiger partial charge in [-0.1, -0.05) is 30.4 Å². The van der Waals surface area contributed by atoms with Gasteiger partial charge < -0.3 is 20.3 Å². The van der Waals surface area contributed by atoms with E-state index in [0.717, 1.165) is 36.9 Å². The second kappa shape index (κ2) is 8.45. The lowest BCUT2D eigenvalue weighted by molar-refractivity contribution is -0.162. The summed E-state index contributed by atoms with van der Waals surface area (Å²) in [6.07, 6.45) is 8.16. The third-order valence-corrected chi connectivity index (χ3v) is 5.78. The quantitative estimate of drug-likeness (QED) is 0.724. The fourth-order valence-corrected chi connectivity index (χ4v) is 4.06. The van der Waals surface area contributed by atoms with Gasteiger partial charge in [-0.2, -0.15) is 0 Å². The number of benzene rings is 1. The molecule has 1 unspecified atom stereocenters. The van der Waals surface area contributed by atoms with Crippen LogP contribution in [0.2, 0.25) is 0 Å². The normalized spacial score (nSPS) is 28.4. The minimum Gasteiger partial charge on any atom is -0.362 e. The zero-order chi connectivity index (χ0) is 19.4. The molecule has 2 heterocycles. The third kappa shape index (κ3) is 4.13. The highest BCUT2D eigenvalue weighted by Crippen LogP contribution is 2.32. The molecule has 1 aromatic rings. The van der Waals surface area contributed by atoms with Crippen molar-refractivity contribution < 1.29 is 14.3 Å². The minimum atomic E-state index is -0.815. The highest BCUT2D eigenvalue weighted by atomic mass is 16.5. The highest BCUT2D eigenvalue weighted by Gasteiger charge is 2.46. The predicted molar refractivity (Wildman–Crippen MR) is 107 cm³/mol. The Hall–Kier alpha value is -2.18. The molecule has 1 saturated carbocycles. The summed E-state index contributed by atoms with van der Waals surface area (Å²) in [4.78, 5) is 28.0. The van der Waals surface area contributed by atoms with Crippen LogP contribution in [0.15, 0.2) is 36.4 Å². The summed E-state index contributed by atoms with van der Waals surface area (Å²) >= 11 is 0. The number of rotatable bonds is 1. The van der Waals surface area contributed by atoms with Crippen LogP contribution in [0.25, 0.3) is 0 Å². The Kier molecular flexibility index (Phi) is 5.78. The van der Waals surface area contributed by atoms with Gasteiger partial charge in [-0.3, -0.25) is 9.59 Å². The molecule has 6 nitrogen and oxygen atoms in total. The maximum Gasteiger partial charge on any atom is 0.256 e. The van der Waals surface area contributed by atoms with Crippen LogP contribution in [0.5, 0.6) is 0 Å². The number of nitrogens with zero attached hydrogens (tertiary/aromatic N) is 1. The molecule has 28 heavy (non-hydrogen) atoms. The predicted octanol–water partition coefficient (Wildman–Crippen LogP) is 1.66. The molecule has 1 atom stereocenters. The van der Waals surface area contributed by atoms with E-state index in [4.69, 9.17) is 4.74 Å². The average Bonchev–Trinajstić information content (AvgIpc) is 3.56. The molecule has 0 radical (unpaired) electrons. The van der Waals surface area contributed by atoms with Gasteiger partial charge in [-0.15, -0.1) is 0 Å². The summed E-state index contributed by atoms with van der Waals surface area (Å²) < 4.78 is 6.10. The lowest BCUT2D eigenvalue weighted by Gasteiger charge is -2.39. The fraction of sp³-hybridized carbons (Fsp3) is 0.545. The summed E-state index contributed by atoms with van der Waals surface area (Å²) in [7, 11) is 0. The van der Waals surface area contributed by atoms with Crippen molar-refractivity contribution in [3.8, 4) is 0 Å². The summed E-state index contributed by atoms with van der Waals surface area (Å²) in [5.41, 5.74) is 0.908. The molecule has 150 valence electrons. The van der Waals surface area contributed by atoms with Gasteiger partial charge in [0, 0.05) is 44.2 Å². The first-order chi connectivity index (χ1) is 13.7. The number of amides is 2. The molecule has 2 N–H and O–H groups in total. The van der Waals surface area contributed by atoms with E-state index < -0.39 is 5.60 Å². The number of hydrogen-bond donors (Lipinski definition) is 2. The van der Waals surface area contributed by atoms with Crippen molar-refractivity contribution in [2.24, 2.45) is 0 Å². The fourth-order valence-electron chi connectivity index (χ4n) is 4.06. The summed E-state index contributed by atoms with van der Waals surface area (Å²) in [6.45, 7) is 3.09. The lowest BCUT2D eigenvalue weighted by Crippen LogP contribution is -2.60. The third-order valence-electron chi connectivity index (χ3n) is 5.78. The number of morpholine rings is 1. The van der Waals surface area contributed by atoms with Gasteiger partial charge in [0.25, 0.3) is 11.8 Å². The van der Waals surface area contributed by atoms with Crippen molar-refractivity contribution in [3.63, 3.8) is 0 Å². The van der Waals surface area contributed by atoms with E-state index in [1.807, 2.05) is 41.3 Å². The molecule has 1 saturated heterocycles. The highest BCUT2D eigenvalue weighted by molar-refractivity contribution is 5.95. The SMILES string of the molecule is O=C1NCCCN(C2CC2)C(=O)C2(C/C=C\Cc3ccccc31)CNCCO2. The number of carbonyl (C=O) groups excluding carboxylic acids is 2. The summed E-state index contributed by atoms with van der Waals surface area (Å²) in [5.74, 6) is 0.0530. The molecule has 0 aromatic heterocycles. The Morgan fingerprint density at radius 3 is 2.75 bits per heavy atom. The van der Waals surface area contributed by atoms with E-state index >= 15 is 0 Å². The van der Waals surface area contributed by atoms with Crippen molar-refractivity contribution in [3.05, 3.63) is 47.5 Å². The second-order valence-electron chi connectivity index (χ2n) is 7.90. The number of nitrogens with one attached hydrogen (secondary N) is 2. The number of allylic oxidation sites excluding steroid dienone is 1.